The fourth-order valence-corrected chi connectivity index (χ4v) is 5.63. The Balaban J connectivity index is 0.00000387. The third kappa shape index (κ3) is 7.01. The number of carbonyl (C=O) groups is 2. The number of amides is 3. The molecule has 2 aromatic heterocycles. The van der Waals surface area contributed by atoms with E-state index in [2.05, 4.69) is 15.3 Å². The Morgan fingerprint density at radius 3 is 2.49 bits per heavy atom. The molecular formula is C26H28F5KN6O3. The van der Waals surface area contributed by atoms with E-state index in [0.717, 1.165) is 6.07 Å². The number of aromatic amines is 1. The third-order valence-corrected chi connectivity index (χ3v) is 7.55. The molecule has 2 N–H and O–H groups in total. The zero-order valence-corrected chi connectivity index (χ0v) is 21.3. The number of aromatic nitrogens is 3. The molecule has 0 aliphatic carbocycles. The van der Waals surface area contributed by atoms with Gasteiger partial charge in [0, 0.05) is 37.8 Å². The molecule has 2 aliphatic rings. The minimum atomic E-state index is -4.72. The first-order chi connectivity index (χ1) is 19.0. The fourth-order valence-electron chi connectivity index (χ4n) is 5.63. The summed E-state index contributed by atoms with van der Waals surface area (Å²) in [6.45, 7) is -1.55. The van der Waals surface area contributed by atoms with Crippen LogP contribution in [0.5, 0.6) is 0 Å². The summed E-state index contributed by atoms with van der Waals surface area (Å²) in [4.78, 5) is 47.5. The average Bonchev–Trinajstić information content (AvgIpc) is 3.18. The normalized spacial score (nSPS) is 20.6. The number of urea groups is 1. The summed E-state index contributed by atoms with van der Waals surface area (Å²) in [7, 11) is 0. The second-order valence-electron chi connectivity index (χ2n) is 10.1. The maximum atomic E-state index is 14.5. The van der Waals surface area contributed by atoms with Crippen LogP contribution in [-0.4, -0.2) is 126 Å². The van der Waals surface area contributed by atoms with E-state index in [9.17, 15) is 36.3 Å². The monoisotopic (exact) mass is 606 g/mol. The molecule has 0 bridgehead atoms. The number of hydrogen-bond acceptors (Lipinski definition) is 4. The summed E-state index contributed by atoms with van der Waals surface area (Å²) in [5, 5.41) is 2.56. The number of likely N-dealkylation sites (tertiary alicyclic amines) is 2. The number of halogens is 5. The van der Waals surface area contributed by atoms with Gasteiger partial charge in [0.05, 0.1) is 5.52 Å². The molecule has 4 heterocycles. The molecule has 2 atom stereocenters. The van der Waals surface area contributed by atoms with Gasteiger partial charge in [-0.3, -0.25) is 14.3 Å². The van der Waals surface area contributed by atoms with E-state index < -0.39 is 54.8 Å². The maximum absolute atomic E-state index is 14.5. The van der Waals surface area contributed by atoms with Crippen LogP contribution in [-0.2, 0) is 4.79 Å². The molecule has 3 amide bonds. The molecule has 1 aromatic carbocycles. The van der Waals surface area contributed by atoms with E-state index in [0.29, 0.717) is 28.9 Å². The van der Waals surface area contributed by atoms with Crippen molar-refractivity contribution in [2.75, 3.05) is 26.2 Å². The number of nitrogens with one attached hydrogen (secondary N) is 2. The Labute approximate surface area is 273 Å². The molecule has 0 spiro atoms. The zero-order chi connectivity index (χ0) is 28.6. The van der Waals surface area contributed by atoms with Crippen molar-refractivity contribution in [1.29, 1.82) is 0 Å². The van der Waals surface area contributed by atoms with Crippen molar-refractivity contribution < 1.29 is 31.5 Å². The second kappa shape index (κ2) is 12.9. The molecule has 41 heavy (non-hydrogen) atoms. The van der Waals surface area contributed by atoms with Crippen molar-refractivity contribution >= 4 is 74.5 Å². The number of nitrogens with zero attached hydrogens (tertiary/aromatic N) is 4. The average molecular weight is 607 g/mol. The number of fused-ring (bicyclic) bond motifs is 1. The van der Waals surface area contributed by atoms with Gasteiger partial charge in [-0.1, -0.05) is 12.1 Å². The Bertz CT molecular complexity index is 1470. The summed E-state index contributed by atoms with van der Waals surface area (Å²) in [5.74, 6) is -4.11. The van der Waals surface area contributed by atoms with E-state index in [1.165, 1.54) is 17.0 Å². The molecule has 5 rings (SSSR count). The SMILES string of the molecule is O=C(N[C@@H]1CC[C@@H](c2cccc(F)c2F)CN(CC(F)(F)F)C1=O)N1CCC(n2c(=O)[nH]c3ncccc32)CC1.[KH]. The van der Waals surface area contributed by atoms with Gasteiger partial charge in [-0.15, -0.1) is 0 Å². The van der Waals surface area contributed by atoms with Gasteiger partial charge < -0.3 is 15.1 Å². The van der Waals surface area contributed by atoms with Gasteiger partial charge in [-0.25, -0.2) is 23.4 Å². The minimum absolute atomic E-state index is 0. The van der Waals surface area contributed by atoms with E-state index in [1.54, 1.807) is 22.9 Å². The predicted molar refractivity (Wildman–Crippen MR) is 141 cm³/mol. The Morgan fingerprint density at radius 1 is 1.05 bits per heavy atom. The van der Waals surface area contributed by atoms with Gasteiger partial charge in [0.25, 0.3) is 0 Å². The van der Waals surface area contributed by atoms with E-state index in [4.69, 9.17) is 0 Å². The standard InChI is InChI=1S/C26H27F5N6O3.K.H/c27-18-4-1-3-17(21(18)28)15-6-7-19(23(38)36(13-15)14-26(29,30)31)33-24(39)35-11-8-16(9-12-35)37-20-5-2-10-32-22(20)34-25(37)40;;/h1-5,10,15-16,19H,6-9,11-14H2,(H,33,39)(H,32,34,40);;/t15-,19-;;/m1../s1. The van der Waals surface area contributed by atoms with Crippen LogP contribution in [0, 0.1) is 11.6 Å². The van der Waals surface area contributed by atoms with Crippen molar-refractivity contribution in [1.82, 2.24) is 29.7 Å². The summed E-state index contributed by atoms with van der Waals surface area (Å²) in [5.41, 5.74) is 0.680. The van der Waals surface area contributed by atoms with Crippen LogP contribution in [0.1, 0.15) is 43.2 Å². The van der Waals surface area contributed by atoms with Gasteiger partial charge in [-0.05, 0) is 49.4 Å². The number of pyridine rings is 1. The number of hydrogen-bond donors (Lipinski definition) is 2. The summed E-state index contributed by atoms with van der Waals surface area (Å²) in [6.07, 6.45) is -2.27. The van der Waals surface area contributed by atoms with Gasteiger partial charge in [-0.2, -0.15) is 13.2 Å². The molecular weight excluding hydrogens is 578 g/mol. The first-order valence-electron chi connectivity index (χ1n) is 12.9. The van der Waals surface area contributed by atoms with Gasteiger partial charge in [0.1, 0.15) is 12.6 Å². The second-order valence-corrected chi connectivity index (χ2v) is 10.1. The molecule has 15 heteroatoms. The van der Waals surface area contributed by atoms with Gasteiger partial charge in [0.15, 0.2) is 17.3 Å². The van der Waals surface area contributed by atoms with Crippen LogP contribution in [0.3, 0.4) is 0 Å². The summed E-state index contributed by atoms with van der Waals surface area (Å²) < 4.78 is 69.9. The number of carbonyl (C=O) groups excluding carboxylic acids is 2. The molecule has 0 unspecified atom stereocenters. The van der Waals surface area contributed by atoms with Crippen LogP contribution < -0.4 is 11.0 Å². The van der Waals surface area contributed by atoms with E-state index in [1.807, 2.05) is 0 Å². The van der Waals surface area contributed by atoms with Crippen LogP contribution in [0.2, 0.25) is 0 Å². The Hall–Kier alpha value is -2.33. The van der Waals surface area contributed by atoms with Crippen molar-refractivity contribution in [3.8, 4) is 0 Å². The van der Waals surface area contributed by atoms with E-state index >= 15 is 0 Å². The summed E-state index contributed by atoms with van der Waals surface area (Å²) >= 11 is 0. The molecule has 3 aromatic rings. The fraction of sp³-hybridized carbons (Fsp3) is 0.462. The van der Waals surface area contributed by atoms with Crippen LogP contribution in [0.15, 0.2) is 41.3 Å². The predicted octanol–water partition coefficient (Wildman–Crippen LogP) is 3.04. The molecule has 2 aliphatic heterocycles. The van der Waals surface area contributed by atoms with Crippen LogP contribution in [0.25, 0.3) is 11.2 Å². The number of alkyl halides is 3. The number of piperidine rings is 1. The zero-order valence-electron chi connectivity index (χ0n) is 21.3. The topological polar surface area (TPSA) is 103 Å². The van der Waals surface area contributed by atoms with Crippen molar-refractivity contribution in [2.24, 2.45) is 0 Å². The van der Waals surface area contributed by atoms with Crippen LogP contribution >= 0.6 is 0 Å². The van der Waals surface area contributed by atoms with Crippen LogP contribution in [0.4, 0.5) is 26.7 Å². The first-order valence-corrected chi connectivity index (χ1v) is 12.9. The number of H-pyrrole nitrogens is 1. The Kier molecular flexibility index (Phi) is 9.94. The molecule has 9 nitrogen and oxygen atoms in total. The number of benzene rings is 1. The van der Waals surface area contributed by atoms with Crippen molar-refractivity contribution in [3.63, 3.8) is 0 Å². The molecule has 0 saturated carbocycles. The summed E-state index contributed by atoms with van der Waals surface area (Å²) in [6, 6.07) is 4.87. The van der Waals surface area contributed by atoms with Crippen molar-refractivity contribution in [2.45, 2.75) is 49.9 Å². The first kappa shape index (κ1) is 31.6. The number of rotatable bonds is 4. The van der Waals surface area contributed by atoms with Crippen molar-refractivity contribution in [3.05, 3.63) is 64.2 Å². The van der Waals surface area contributed by atoms with Gasteiger partial charge >= 0.3 is 69.3 Å². The molecule has 2 saturated heterocycles. The van der Waals surface area contributed by atoms with E-state index in [-0.39, 0.29) is 94.6 Å². The third-order valence-electron chi connectivity index (χ3n) is 7.55. The molecule has 0 radical (unpaired) electrons. The Morgan fingerprint density at radius 2 is 1.78 bits per heavy atom. The quantitative estimate of drug-likeness (QED) is 0.352. The van der Waals surface area contributed by atoms with Gasteiger partial charge in [0.2, 0.25) is 5.91 Å². The number of imidazole rings is 1. The molecule has 216 valence electrons. The molecule has 2 fully saturated rings.